The van der Waals surface area contributed by atoms with Gasteiger partial charge in [-0.15, -0.1) is 11.3 Å². The van der Waals surface area contributed by atoms with E-state index in [4.69, 9.17) is 5.73 Å². The Balaban J connectivity index is 1.96. The van der Waals surface area contributed by atoms with Crippen LogP contribution in [0.25, 0.3) is 11.0 Å². The minimum atomic E-state index is 0.172. The van der Waals surface area contributed by atoms with E-state index in [1.165, 1.54) is 21.6 Å². The fourth-order valence-corrected chi connectivity index (χ4v) is 3.46. The Kier molecular flexibility index (Phi) is 3.47. The highest BCUT2D eigenvalue weighted by atomic mass is 32.1. The van der Waals surface area contributed by atoms with Crippen molar-refractivity contribution in [3.8, 4) is 0 Å². The van der Waals surface area contributed by atoms with Crippen LogP contribution in [0.15, 0.2) is 24.5 Å². The third-order valence-corrected chi connectivity index (χ3v) is 4.40. The molecule has 3 heterocycles. The third kappa shape index (κ3) is 2.67. The van der Waals surface area contributed by atoms with Crippen LogP contribution in [0.5, 0.6) is 0 Å². The summed E-state index contributed by atoms with van der Waals surface area (Å²) >= 11 is 1.81. The van der Waals surface area contributed by atoms with Gasteiger partial charge in [-0.25, -0.2) is 15.0 Å². The summed E-state index contributed by atoms with van der Waals surface area (Å²) < 4.78 is 0. The summed E-state index contributed by atoms with van der Waals surface area (Å²) in [6.45, 7) is 6.40. The van der Waals surface area contributed by atoms with E-state index in [1.807, 2.05) is 17.4 Å². The standard InChI is InChI=1S/C15H17N5S/c1-8-6-12(10(3)21-8)9(2)19-14-11-4-5-13(16)20-15(11)18-7-17-14/h4-7,9H,1-3H3,(H3,16,17,18,19,20). The number of nitrogens with zero attached hydrogens (tertiary/aromatic N) is 3. The first-order chi connectivity index (χ1) is 10.0. The average Bonchev–Trinajstić information content (AvgIpc) is 2.77. The van der Waals surface area contributed by atoms with Crippen molar-refractivity contribution in [1.29, 1.82) is 0 Å². The van der Waals surface area contributed by atoms with Gasteiger partial charge in [-0.2, -0.15) is 0 Å². The minimum absolute atomic E-state index is 0.172. The number of thiophene rings is 1. The maximum Gasteiger partial charge on any atom is 0.166 e. The van der Waals surface area contributed by atoms with Gasteiger partial charge in [0.2, 0.25) is 0 Å². The van der Waals surface area contributed by atoms with Gasteiger partial charge in [-0.3, -0.25) is 0 Å². The van der Waals surface area contributed by atoms with Gasteiger partial charge in [0, 0.05) is 9.75 Å². The van der Waals surface area contributed by atoms with Crippen LogP contribution in [-0.4, -0.2) is 15.0 Å². The predicted molar refractivity (Wildman–Crippen MR) is 87.6 cm³/mol. The molecule has 0 radical (unpaired) electrons. The van der Waals surface area contributed by atoms with Crippen LogP contribution in [-0.2, 0) is 0 Å². The van der Waals surface area contributed by atoms with Crippen LogP contribution in [0, 0.1) is 13.8 Å². The van der Waals surface area contributed by atoms with E-state index in [0.29, 0.717) is 11.5 Å². The third-order valence-electron chi connectivity index (χ3n) is 3.42. The molecule has 0 aliphatic heterocycles. The van der Waals surface area contributed by atoms with Crippen molar-refractivity contribution < 1.29 is 0 Å². The maximum atomic E-state index is 5.70. The number of hydrogen-bond acceptors (Lipinski definition) is 6. The van der Waals surface area contributed by atoms with Gasteiger partial charge in [-0.05, 0) is 44.5 Å². The van der Waals surface area contributed by atoms with E-state index in [1.54, 1.807) is 6.07 Å². The lowest BCUT2D eigenvalue weighted by atomic mass is 10.1. The normalized spacial score (nSPS) is 12.5. The monoisotopic (exact) mass is 299 g/mol. The van der Waals surface area contributed by atoms with Crippen molar-refractivity contribution in [3.63, 3.8) is 0 Å². The van der Waals surface area contributed by atoms with E-state index in [9.17, 15) is 0 Å². The second-order valence-electron chi connectivity index (χ2n) is 5.06. The molecule has 1 atom stereocenters. The maximum absolute atomic E-state index is 5.70. The lowest BCUT2D eigenvalue weighted by Crippen LogP contribution is -2.09. The summed E-state index contributed by atoms with van der Waals surface area (Å²) in [6, 6.07) is 6.06. The zero-order valence-electron chi connectivity index (χ0n) is 12.2. The van der Waals surface area contributed by atoms with Crippen LogP contribution < -0.4 is 11.1 Å². The van der Waals surface area contributed by atoms with E-state index in [0.717, 1.165) is 11.2 Å². The lowest BCUT2D eigenvalue weighted by molar-refractivity contribution is 0.872. The van der Waals surface area contributed by atoms with Crippen molar-refractivity contribution in [1.82, 2.24) is 15.0 Å². The molecule has 3 rings (SSSR count). The van der Waals surface area contributed by atoms with Crippen molar-refractivity contribution in [2.45, 2.75) is 26.8 Å². The Morgan fingerprint density at radius 3 is 2.76 bits per heavy atom. The summed E-state index contributed by atoms with van der Waals surface area (Å²) in [6.07, 6.45) is 1.51. The number of pyridine rings is 1. The molecule has 3 aromatic rings. The first-order valence-electron chi connectivity index (χ1n) is 6.75. The van der Waals surface area contributed by atoms with E-state index in [-0.39, 0.29) is 6.04 Å². The molecule has 0 saturated carbocycles. The number of nitrogen functional groups attached to an aromatic ring is 1. The molecule has 0 spiro atoms. The van der Waals surface area contributed by atoms with Crippen molar-refractivity contribution in [2.24, 2.45) is 0 Å². The first kappa shape index (κ1) is 13.8. The Labute approximate surface area is 127 Å². The Morgan fingerprint density at radius 1 is 1.24 bits per heavy atom. The molecule has 3 N–H and O–H groups in total. The molecule has 0 aliphatic rings. The molecule has 0 saturated heterocycles. The number of fused-ring (bicyclic) bond motifs is 1. The predicted octanol–water partition coefficient (Wildman–Crippen LogP) is 3.46. The Bertz CT molecular complexity index is 796. The summed E-state index contributed by atoms with van der Waals surface area (Å²) in [5.74, 6) is 1.24. The number of nitrogens with two attached hydrogens (primary N) is 1. The highest BCUT2D eigenvalue weighted by molar-refractivity contribution is 7.12. The van der Waals surface area contributed by atoms with E-state index in [2.05, 4.69) is 47.1 Å². The molecular formula is C15H17N5S. The van der Waals surface area contributed by atoms with E-state index < -0.39 is 0 Å². The van der Waals surface area contributed by atoms with Crippen molar-refractivity contribution >= 4 is 34.0 Å². The molecule has 6 heteroatoms. The SMILES string of the molecule is Cc1cc(C(C)Nc2ncnc3nc(N)ccc23)c(C)s1. The zero-order valence-corrected chi connectivity index (χ0v) is 13.0. The minimum Gasteiger partial charge on any atom is -0.384 e. The van der Waals surface area contributed by atoms with Crippen LogP contribution in [0.2, 0.25) is 0 Å². The summed E-state index contributed by atoms with van der Waals surface area (Å²) in [5, 5.41) is 4.33. The molecule has 3 aromatic heterocycles. The average molecular weight is 299 g/mol. The number of anilines is 2. The van der Waals surface area contributed by atoms with Crippen LogP contribution in [0.4, 0.5) is 11.6 Å². The van der Waals surface area contributed by atoms with Gasteiger partial charge < -0.3 is 11.1 Å². The second kappa shape index (κ2) is 5.29. The number of nitrogens with one attached hydrogen (secondary N) is 1. The molecule has 0 bridgehead atoms. The van der Waals surface area contributed by atoms with Gasteiger partial charge in [0.1, 0.15) is 18.0 Å². The number of aryl methyl sites for hydroxylation is 2. The summed E-state index contributed by atoms with van der Waals surface area (Å²) in [5.41, 5.74) is 7.61. The van der Waals surface area contributed by atoms with Gasteiger partial charge in [-0.1, -0.05) is 0 Å². The summed E-state index contributed by atoms with van der Waals surface area (Å²) in [4.78, 5) is 15.4. The largest absolute Gasteiger partial charge is 0.384 e. The van der Waals surface area contributed by atoms with Gasteiger partial charge in [0.25, 0.3) is 0 Å². The summed E-state index contributed by atoms with van der Waals surface area (Å²) in [7, 11) is 0. The zero-order chi connectivity index (χ0) is 15.0. The van der Waals surface area contributed by atoms with Gasteiger partial charge in [0.15, 0.2) is 5.65 Å². The van der Waals surface area contributed by atoms with Crippen LogP contribution >= 0.6 is 11.3 Å². The second-order valence-corrected chi connectivity index (χ2v) is 6.52. The van der Waals surface area contributed by atoms with Gasteiger partial charge >= 0.3 is 0 Å². The first-order valence-corrected chi connectivity index (χ1v) is 7.57. The number of aromatic nitrogens is 3. The van der Waals surface area contributed by atoms with Crippen LogP contribution in [0.1, 0.15) is 28.3 Å². The van der Waals surface area contributed by atoms with Crippen molar-refractivity contribution in [2.75, 3.05) is 11.1 Å². The Morgan fingerprint density at radius 2 is 2.05 bits per heavy atom. The highest BCUT2D eigenvalue weighted by Gasteiger charge is 2.13. The molecule has 0 aromatic carbocycles. The molecule has 0 amide bonds. The molecule has 0 fully saturated rings. The molecule has 1 unspecified atom stereocenters. The van der Waals surface area contributed by atoms with E-state index >= 15 is 0 Å². The molecule has 108 valence electrons. The number of rotatable bonds is 3. The quantitative estimate of drug-likeness (QED) is 0.774. The van der Waals surface area contributed by atoms with Gasteiger partial charge in [0.05, 0.1) is 11.4 Å². The fourth-order valence-electron chi connectivity index (χ4n) is 2.44. The Hall–Kier alpha value is -2.21. The molecule has 0 aliphatic carbocycles. The molecule has 21 heavy (non-hydrogen) atoms. The highest BCUT2D eigenvalue weighted by Crippen LogP contribution is 2.29. The van der Waals surface area contributed by atoms with Crippen molar-refractivity contribution in [3.05, 3.63) is 39.8 Å². The lowest BCUT2D eigenvalue weighted by Gasteiger charge is -2.15. The topological polar surface area (TPSA) is 76.7 Å². The smallest absolute Gasteiger partial charge is 0.166 e. The molecule has 5 nitrogen and oxygen atoms in total. The number of hydrogen-bond donors (Lipinski definition) is 2. The molecular weight excluding hydrogens is 282 g/mol. The fraction of sp³-hybridized carbons (Fsp3) is 0.267. The van der Waals surface area contributed by atoms with Crippen LogP contribution in [0.3, 0.4) is 0 Å².